The lowest BCUT2D eigenvalue weighted by Crippen LogP contribution is -2.15. The molecule has 2 nitrogen and oxygen atoms in total. The van der Waals surface area contributed by atoms with Gasteiger partial charge in [0, 0.05) is 18.7 Å². The van der Waals surface area contributed by atoms with Crippen LogP contribution < -0.4 is 0 Å². The quantitative estimate of drug-likeness (QED) is 0.384. The lowest BCUT2D eigenvalue weighted by atomic mass is 9.97. The molecule has 0 aliphatic rings. The largest absolute Gasteiger partial charge is 0.298 e. The smallest absolute Gasteiger partial charge is 0.0555 e. The summed E-state index contributed by atoms with van der Waals surface area (Å²) in [7, 11) is 0. The standard InChI is InChI=1S/C19H20N2/c1-3-21(4-2)20-14-19-17-11-7-5-9-15(17)13-16-10-6-8-12-18(16)19/h5-14H,3-4H2,1-2H3/b20-14-. The molecule has 3 aromatic carbocycles. The van der Waals surface area contributed by atoms with Crippen molar-refractivity contribution in [1.29, 1.82) is 0 Å². The van der Waals surface area contributed by atoms with Crippen LogP contribution in [0.1, 0.15) is 19.4 Å². The lowest BCUT2D eigenvalue weighted by molar-refractivity contribution is 0.323. The highest BCUT2D eigenvalue weighted by atomic mass is 15.4. The zero-order chi connectivity index (χ0) is 14.7. The van der Waals surface area contributed by atoms with Crippen molar-refractivity contribution >= 4 is 27.8 Å². The van der Waals surface area contributed by atoms with Crippen LogP contribution in [0.15, 0.2) is 59.7 Å². The molecule has 0 aliphatic carbocycles. The van der Waals surface area contributed by atoms with Gasteiger partial charge in [-0.2, -0.15) is 5.10 Å². The van der Waals surface area contributed by atoms with E-state index in [2.05, 4.69) is 78.6 Å². The Kier molecular flexibility index (Phi) is 3.87. The van der Waals surface area contributed by atoms with E-state index >= 15 is 0 Å². The van der Waals surface area contributed by atoms with E-state index in [-0.39, 0.29) is 0 Å². The first kappa shape index (κ1) is 13.6. The molecule has 0 radical (unpaired) electrons. The molecule has 0 atom stereocenters. The fraction of sp³-hybridized carbons (Fsp3) is 0.211. The normalized spacial score (nSPS) is 11.5. The number of hydrazone groups is 1. The third-order valence-electron chi connectivity index (χ3n) is 3.89. The number of hydrogen-bond acceptors (Lipinski definition) is 2. The van der Waals surface area contributed by atoms with E-state index in [1.807, 2.05) is 6.21 Å². The first-order chi connectivity index (χ1) is 10.3. The Hall–Kier alpha value is -2.35. The van der Waals surface area contributed by atoms with Gasteiger partial charge in [-0.25, -0.2) is 0 Å². The lowest BCUT2D eigenvalue weighted by Gasteiger charge is -2.14. The number of rotatable bonds is 4. The van der Waals surface area contributed by atoms with Gasteiger partial charge in [-0.05, 0) is 41.5 Å². The highest BCUT2D eigenvalue weighted by molar-refractivity contribution is 6.13. The first-order valence-electron chi connectivity index (χ1n) is 7.53. The van der Waals surface area contributed by atoms with Gasteiger partial charge in [0.2, 0.25) is 0 Å². The predicted octanol–water partition coefficient (Wildman–Crippen LogP) is 4.67. The molecular formula is C19H20N2. The Bertz CT molecular complexity index is 732. The molecule has 0 fully saturated rings. The predicted molar refractivity (Wildman–Crippen MR) is 92.0 cm³/mol. The molecule has 0 spiro atoms. The third kappa shape index (κ3) is 2.62. The van der Waals surface area contributed by atoms with Gasteiger partial charge < -0.3 is 0 Å². The SMILES string of the molecule is CCN(CC)/N=C\c1c2ccccc2cc2ccccc12. The van der Waals surface area contributed by atoms with Crippen molar-refractivity contribution in [2.45, 2.75) is 13.8 Å². The minimum absolute atomic E-state index is 0.926. The Balaban J connectivity index is 2.25. The average Bonchev–Trinajstić information content (AvgIpc) is 2.54. The van der Waals surface area contributed by atoms with Gasteiger partial charge in [0.15, 0.2) is 0 Å². The summed E-state index contributed by atoms with van der Waals surface area (Å²) in [5, 5.41) is 11.7. The zero-order valence-corrected chi connectivity index (χ0v) is 12.6. The van der Waals surface area contributed by atoms with Gasteiger partial charge in [0.1, 0.15) is 0 Å². The Morgan fingerprint density at radius 3 is 1.90 bits per heavy atom. The maximum Gasteiger partial charge on any atom is 0.0555 e. The maximum atomic E-state index is 4.64. The molecule has 0 aromatic heterocycles. The number of hydrogen-bond donors (Lipinski definition) is 0. The summed E-state index contributed by atoms with van der Waals surface area (Å²) in [6, 6.07) is 19.3. The van der Waals surface area contributed by atoms with E-state index in [0.29, 0.717) is 0 Å². The van der Waals surface area contributed by atoms with Gasteiger partial charge in [-0.3, -0.25) is 5.01 Å². The van der Waals surface area contributed by atoms with Crippen molar-refractivity contribution in [3.63, 3.8) is 0 Å². The molecule has 3 rings (SSSR count). The molecule has 0 aliphatic heterocycles. The van der Waals surface area contributed by atoms with E-state index in [0.717, 1.165) is 13.1 Å². The fourth-order valence-electron chi connectivity index (χ4n) is 2.71. The Labute approximate surface area is 125 Å². The zero-order valence-electron chi connectivity index (χ0n) is 12.6. The molecule has 0 saturated heterocycles. The van der Waals surface area contributed by atoms with Gasteiger partial charge >= 0.3 is 0 Å². The molecule has 0 saturated carbocycles. The van der Waals surface area contributed by atoms with Crippen molar-refractivity contribution in [3.8, 4) is 0 Å². The highest BCUT2D eigenvalue weighted by Gasteiger charge is 2.05. The maximum absolute atomic E-state index is 4.64. The van der Waals surface area contributed by atoms with Crippen molar-refractivity contribution in [1.82, 2.24) is 5.01 Å². The van der Waals surface area contributed by atoms with Crippen LogP contribution in [-0.2, 0) is 0 Å². The van der Waals surface area contributed by atoms with Crippen LogP contribution in [0, 0.1) is 0 Å². The van der Waals surface area contributed by atoms with Crippen molar-refractivity contribution < 1.29 is 0 Å². The molecule has 0 heterocycles. The second-order valence-corrected chi connectivity index (χ2v) is 5.12. The highest BCUT2D eigenvalue weighted by Crippen LogP contribution is 2.27. The fourth-order valence-corrected chi connectivity index (χ4v) is 2.71. The van der Waals surface area contributed by atoms with Gasteiger partial charge in [-0.15, -0.1) is 0 Å². The van der Waals surface area contributed by atoms with E-state index < -0.39 is 0 Å². The van der Waals surface area contributed by atoms with Gasteiger partial charge in [0.05, 0.1) is 6.21 Å². The van der Waals surface area contributed by atoms with Crippen LogP contribution in [0.2, 0.25) is 0 Å². The van der Waals surface area contributed by atoms with Crippen LogP contribution in [0.3, 0.4) is 0 Å². The third-order valence-corrected chi connectivity index (χ3v) is 3.89. The summed E-state index contributed by atoms with van der Waals surface area (Å²) < 4.78 is 0. The van der Waals surface area contributed by atoms with Gasteiger partial charge in [-0.1, -0.05) is 48.5 Å². The number of benzene rings is 3. The van der Waals surface area contributed by atoms with Crippen molar-refractivity contribution in [2.75, 3.05) is 13.1 Å². The Morgan fingerprint density at radius 2 is 1.38 bits per heavy atom. The van der Waals surface area contributed by atoms with Gasteiger partial charge in [0.25, 0.3) is 0 Å². The molecule has 21 heavy (non-hydrogen) atoms. The Morgan fingerprint density at radius 1 is 0.857 bits per heavy atom. The molecule has 0 N–H and O–H groups in total. The van der Waals surface area contributed by atoms with E-state index in [9.17, 15) is 0 Å². The van der Waals surface area contributed by atoms with Crippen LogP contribution in [0.4, 0.5) is 0 Å². The summed E-state index contributed by atoms with van der Waals surface area (Å²) in [6.45, 7) is 6.11. The van der Waals surface area contributed by atoms with Crippen LogP contribution in [0.5, 0.6) is 0 Å². The summed E-state index contributed by atoms with van der Waals surface area (Å²) in [6.07, 6.45) is 2.01. The second kappa shape index (κ2) is 5.96. The van der Waals surface area contributed by atoms with Crippen LogP contribution in [-0.4, -0.2) is 24.3 Å². The van der Waals surface area contributed by atoms with Crippen molar-refractivity contribution in [3.05, 3.63) is 60.2 Å². The molecule has 0 unspecified atom stereocenters. The average molecular weight is 276 g/mol. The molecule has 2 heteroatoms. The first-order valence-corrected chi connectivity index (χ1v) is 7.53. The van der Waals surface area contributed by atoms with E-state index in [1.165, 1.54) is 27.1 Å². The van der Waals surface area contributed by atoms with Crippen molar-refractivity contribution in [2.24, 2.45) is 5.10 Å². The summed E-state index contributed by atoms with van der Waals surface area (Å²) in [5.74, 6) is 0. The second-order valence-electron chi connectivity index (χ2n) is 5.12. The van der Waals surface area contributed by atoms with Crippen LogP contribution in [0.25, 0.3) is 21.5 Å². The topological polar surface area (TPSA) is 15.6 Å². The van der Waals surface area contributed by atoms with E-state index in [1.54, 1.807) is 0 Å². The summed E-state index contributed by atoms with van der Waals surface area (Å²) in [4.78, 5) is 0. The summed E-state index contributed by atoms with van der Waals surface area (Å²) in [5.41, 5.74) is 1.20. The minimum Gasteiger partial charge on any atom is -0.298 e. The monoisotopic (exact) mass is 276 g/mol. The summed E-state index contributed by atoms with van der Waals surface area (Å²) >= 11 is 0. The van der Waals surface area contributed by atoms with E-state index in [4.69, 9.17) is 0 Å². The minimum atomic E-state index is 0.926. The number of fused-ring (bicyclic) bond motifs is 2. The molecular weight excluding hydrogens is 256 g/mol. The molecule has 106 valence electrons. The molecule has 0 amide bonds. The molecule has 0 bridgehead atoms. The number of nitrogens with zero attached hydrogens (tertiary/aromatic N) is 2. The van der Waals surface area contributed by atoms with Crippen LogP contribution >= 0.6 is 0 Å². The molecule has 3 aromatic rings.